The Morgan fingerprint density at radius 3 is 2.02 bits per heavy atom. The zero-order valence-corrected chi connectivity index (χ0v) is 26.7. The third-order valence-corrected chi connectivity index (χ3v) is 7.45. The Hall–Kier alpha value is -4.45. The van der Waals surface area contributed by atoms with Crippen LogP contribution in [-0.2, 0) is 6.42 Å². The number of hydrogen-bond donors (Lipinski definition) is 3. The van der Waals surface area contributed by atoms with E-state index < -0.39 is 18.1 Å². The van der Waals surface area contributed by atoms with E-state index in [0.717, 1.165) is 31.2 Å². The molecule has 0 heterocycles. The number of rotatable bonds is 17. The molecule has 45 heavy (non-hydrogen) atoms. The standard InChI is InChI=1S/C37H46N4O4/c1-5-9-22-41(39-36(44)30-18-14-11-15-19-30)27-34(42)33(25-29-16-12-10-13-17-29)38-35(43)31-23-28(8-4)24-32(26-31)37(45)40(20-6-2)21-7-3/h4,10-19,23-24,26,33-34,42H,5-7,9,20-22,25,27H2,1-3H3,(H,38,43)(H,39,44). The first-order valence-electron chi connectivity index (χ1n) is 15.8. The number of carbonyl (C=O) groups excluding carboxylic acids is 3. The number of nitrogens with one attached hydrogen (secondary N) is 2. The van der Waals surface area contributed by atoms with Gasteiger partial charge in [-0.3, -0.25) is 19.8 Å². The Balaban J connectivity index is 1.87. The lowest BCUT2D eigenvalue weighted by atomic mass is 9.99. The van der Waals surface area contributed by atoms with Gasteiger partial charge in [0.15, 0.2) is 0 Å². The molecule has 238 valence electrons. The topological polar surface area (TPSA) is 102 Å². The molecule has 3 amide bonds. The third-order valence-electron chi connectivity index (χ3n) is 7.45. The van der Waals surface area contributed by atoms with Gasteiger partial charge in [-0.25, -0.2) is 5.01 Å². The van der Waals surface area contributed by atoms with Gasteiger partial charge >= 0.3 is 0 Å². The molecule has 0 saturated carbocycles. The molecule has 0 radical (unpaired) electrons. The van der Waals surface area contributed by atoms with E-state index in [1.54, 1.807) is 52.4 Å². The van der Waals surface area contributed by atoms with Gasteiger partial charge in [-0.15, -0.1) is 6.42 Å². The van der Waals surface area contributed by atoms with Crippen molar-refractivity contribution in [2.75, 3.05) is 26.2 Å². The molecule has 8 heteroatoms. The molecule has 8 nitrogen and oxygen atoms in total. The lowest BCUT2D eigenvalue weighted by molar-refractivity contribution is 0.0446. The monoisotopic (exact) mass is 610 g/mol. The molecule has 0 aliphatic heterocycles. The first-order chi connectivity index (χ1) is 21.8. The Labute approximate surface area is 267 Å². The van der Waals surface area contributed by atoms with Crippen LogP contribution in [0, 0.1) is 12.3 Å². The van der Waals surface area contributed by atoms with E-state index in [2.05, 4.69) is 23.6 Å². The van der Waals surface area contributed by atoms with Crippen LogP contribution in [0.2, 0.25) is 0 Å². The summed E-state index contributed by atoms with van der Waals surface area (Å²) in [5.74, 6) is 1.67. The number of terminal acetylenes is 1. The van der Waals surface area contributed by atoms with Crippen molar-refractivity contribution < 1.29 is 19.5 Å². The molecular formula is C37H46N4O4. The maximum Gasteiger partial charge on any atom is 0.265 e. The number of hydrazine groups is 1. The molecule has 3 aromatic carbocycles. The van der Waals surface area contributed by atoms with Crippen molar-refractivity contribution in [3.63, 3.8) is 0 Å². The minimum Gasteiger partial charge on any atom is -0.390 e. The van der Waals surface area contributed by atoms with Gasteiger partial charge < -0.3 is 15.3 Å². The molecule has 2 unspecified atom stereocenters. The highest BCUT2D eigenvalue weighted by atomic mass is 16.3. The van der Waals surface area contributed by atoms with Gasteiger partial charge in [0.2, 0.25) is 0 Å². The molecule has 0 spiro atoms. The van der Waals surface area contributed by atoms with E-state index in [1.807, 2.05) is 50.2 Å². The van der Waals surface area contributed by atoms with Crippen LogP contribution >= 0.6 is 0 Å². The van der Waals surface area contributed by atoms with E-state index in [9.17, 15) is 19.5 Å². The average molecular weight is 611 g/mol. The summed E-state index contributed by atoms with van der Waals surface area (Å²) in [5.41, 5.74) is 5.39. The van der Waals surface area contributed by atoms with Crippen LogP contribution in [0.1, 0.15) is 88.7 Å². The molecular weight excluding hydrogens is 564 g/mol. The SMILES string of the molecule is C#Cc1cc(C(=O)NC(Cc2ccccc2)C(O)CN(CCCC)NC(=O)c2ccccc2)cc(C(=O)N(CCC)CCC)c1. The maximum atomic E-state index is 13.7. The summed E-state index contributed by atoms with van der Waals surface area (Å²) < 4.78 is 0. The predicted octanol–water partition coefficient (Wildman–Crippen LogP) is 5.08. The number of benzene rings is 3. The number of aliphatic hydroxyl groups excluding tert-OH is 1. The molecule has 0 aliphatic rings. The first-order valence-corrected chi connectivity index (χ1v) is 15.8. The minimum absolute atomic E-state index is 0.0908. The van der Waals surface area contributed by atoms with Crippen molar-refractivity contribution in [1.82, 2.24) is 20.7 Å². The van der Waals surface area contributed by atoms with Gasteiger partial charge in [0.25, 0.3) is 17.7 Å². The number of amides is 3. The van der Waals surface area contributed by atoms with E-state index in [-0.39, 0.29) is 23.9 Å². The molecule has 3 N–H and O–H groups in total. The lowest BCUT2D eigenvalue weighted by Crippen LogP contribution is -2.53. The molecule has 0 aliphatic carbocycles. The van der Waals surface area contributed by atoms with Gasteiger partial charge in [-0.05, 0) is 61.6 Å². The van der Waals surface area contributed by atoms with Crippen molar-refractivity contribution >= 4 is 17.7 Å². The molecule has 0 fully saturated rings. The molecule has 3 aromatic rings. The minimum atomic E-state index is -1.04. The number of nitrogens with zero attached hydrogens (tertiary/aromatic N) is 2. The van der Waals surface area contributed by atoms with Gasteiger partial charge in [0, 0.05) is 48.4 Å². The summed E-state index contributed by atoms with van der Waals surface area (Å²) in [4.78, 5) is 41.8. The van der Waals surface area contributed by atoms with Crippen molar-refractivity contribution in [2.24, 2.45) is 0 Å². The van der Waals surface area contributed by atoms with Crippen molar-refractivity contribution in [3.05, 3.63) is 107 Å². The van der Waals surface area contributed by atoms with Crippen molar-refractivity contribution in [3.8, 4) is 12.3 Å². The summed E-state index contributed by atoms with van der Waals surface area (Å²) >= 11 is 0. The number of unbranched alkanes of at least 4 members (excludes halogenated alkanes) is 1. The number of carbonyl (C=O) groups is 3. The molecule has 0 aromatic heterocycles. The highest BCUT2D eigenvalue weighted by Crippen LogP contribution is 2.16. The summed E-state index contributed by atoms with van der Waals surface area (Å²) in [6.07, 6.45) is 8.37. The Morgan fingerprint density at radius 2 is 1.42 bits per heavy atom. The summed E-state index contributed by atoms with van der Waals surface area (Å²) in [7, 11) is 0. The lowest BCUT2D eigenvalue weighted by Gasteiger charge is -2.30. The Bertz CT molecular complexity index is 1420. The maximum absolute atomic E-state index is 13.7. The fraction of sp³-hybridized carbons (Fsp3) is 0.378. The number of hydrogen-bond acceptors (Lipinski definition) is 5. The fourth-order valence-electron chi connectivity index (χ4n) is 5.10. The van der Waals surface area contributed by atoms with E-state index in [0.29, 0.717) is 42.7 Å². The normalized spacial score (nSPS) is 12.2. The van der Waals surface area contributed by atoms with Gasteiger partial charge in [0.1, 0.15) is 0 Å². The van der Waals surface area contributed by atoms with Crippen LogP contribution < -0.4 is 10.7 Å². The average Bonchev–Trinajstić information content (AvgIpc) is 3.06. The Kier molecular flexibility index (Phi) is 14.3. The first kappa shape index (κ1) is 35.0. The van der Waals surface area contributed by atoms with E-state index >= 15 is 0 Å². The van der Waals surface area contributed by atoms with E-state index in [4.69, 9.17) is 6.42 Å². The summed E-state index contributed by atoms with van der Waals surface area (Å²) in [5, 5.41) is 16.3. The van der Waals surface area contributed by atoms with Crippen molar-refractivity contribution in [2.45, 2.75) is 65.0 Å². The van der Waals surface area contributed by atoms with Crippen LogP contribution in [-0.4, -0.2) is 71.1 Å². The fourth-order valence-corrected chi connectivity index (χ4v) is 5.10. The Morgan fingerprint density at radius 1 is 0.800 bits per heavy atom. The molecule has 2 atom stereocenters. The quantitative estimate of drug-likeness (QED) is 0.146. The van der Waals surface area contributed by atoms with Crippen molar-refractivity contribution in [1.29, 1.82) is 0 Å². The third kappa shape index (κ3) is 10.9. The highest BCUT2D eigenvalue weighted by Gasteiger charge is 2.26. The van der Waals surface area contributed by atoms with Crippen LogP contribution in [0.4, 0.5) is 0 Å². The second-order valence-corrected chi connectivity index (χ2v) is 11.2. The largest absolute Gasteiger partial charge is 0.390 e. The van der Waals surface area contributed by atoms with Gasteiger partial charge in [-0.2, -0.15) is 0 Å². The summed E-state index contributed by atoms with van der Waals surface area (Å²) in [6, 6.07) is 22.6. The van der Waals surface area contributed by atoms with Crippen LogP contribution in [0.5, 0.6) is 0 Å². The van der Waals surface area contributed by atoms with E-state index in [1.165, 1.54) is 0 Å². The summed E-state index contributed by atoms with van der Waals surface area (Å²) in [6.45, 7) is 7.92. The molecule has 3 rings (SSSR count). The van der Waals surface area contributed by atoms with Gasteiger partial charge in [0.05, 0.1) is 12.1 Å². The molecule has 0 bridgehead atoms. The van der Waals surface area contributed by atoms with Gasteiger partial charge in [-0.1, -0.05) is 81.6 Å². The van der Waals surface area contributed by atoms with Crippen LogP contribution in [0.25, 0.3) is 0 Å². The smallest absolute Gasteiger partial charge is 0.265 e. The van der Waals surface area contributed by atoms with Crippen LogP contribution in [0.3, 0.4) is 0 Å². The zero-order chi connectivity index (χ0) is 32.6. The second kappa shape index (κ2) is 18.4. The zero-order valence-electron chi connectivity index (χ0n) is 26.7. The number of aliphatic hydroxyl groups is 1. The second-order valence-electron chi connectivity index (χ2n) is 11.2. The highest BCUT2D eigenvalue weighted by molar-refractivity contribution is 6.00. The molecule has 0 saturated heterocycles. The predicted molar refractivity (Wildman–Crippen MR) is 179 cm³/mol. The van der Waals surface area contributed by atoms with Crippen LogP contribution in [0.15, 0.2) is 78.9 Å².